The van der Waals surface area contributed by atoms with Gasteiger partial charge in [0.2, 0.25) is 0 Å². The van der Waals surface area contributed by atoms with E-state index >= 15 is 0 Å². The molecule has 0 aromatic heterocycles. The van der Waals surface area contributed by atoms with Gasteiger partial charge in [-0.15, -0.1) is 11.6 Å². The van der Waals surface area contributed by atoms with Crippen molar-refractivity contribution in [3.63, 3.8) is 0 Å². The number of carboxylic acids is 1. The Labute approximate surface area is 111 Å². The van der Waals surface area contributed by atoms with Gasteiger partial charge in [0.15, 0.2) is 0 Å². The fraction of sp³-hybridized carbons (Fsp3) is 0.364. The molecular formula is C11H10ClF3O4. The van der Waals surface area contributed by atoms with Gasteiger partial charge in [-0.05, 0) is 17.7 Å². The average molecular weight is 299 g/mol. The second-order valence-electron chi connectivity index (χ2n) is 3.77. The van der Waals surface area contributed by atoms with Gasteiger partial charge in [0.1, 0.15) is 6.10 Å². The number of hydrogen-bond donors (Lipinski definition) is 3. The Balaban J connectivity index is 3.30. The van der Waals surface area contributed by atoms with Crippen LogP contribution < -0.4 is 0 Å². The molecule has 2 unspecified atom stereocenters. The molecule has 0 saturated carbocycles. The first kappa shape index (κ1) is 15.7. The van der Waals surface area contributed by atoms with Crippen LogP contribution in [0.15, 0.2) is 18.2 Å². The molecule has 0 aliphatic rings. The Morgan fingerprint density at radius 2 is 1.89 bits per heavy atom. The van der Waals surface area contributed by atoms with Crippen molar-refractivity contribution >= 4 is 17.6 Å². The summed E-state index contributed by atoms with van der Waals surface area (Å²) >= 11 is 5.28. The highest BCUT2D eigenvalue weighted by atomic mass is 35.5. The second kappa shape index (κ2) is 5.77. The lowest BCUT2D eigenvalue weighted by molar-refractivity contribution is -0.138. The van der Waals surface area contributed by atoms with Crippen LogP contribution in [0.25, 0.3) is 0 Å². The first-order chi connectivity index (χ1) is 8.68. The summed E-state index contributed by atoms with van der Waals surface area (Å²) in [7, 11) is 0. The molecule has 0 fully saturated rings. The van der Waals surface area contributed by atoms with E-state index in [1.807, 2.05) is 0 Å². The number of aromatic carboxylic acids is 1. The van der Waals surface area contributed by atoms with Crippen molar-refractivity contribution in [2.24, 2.45) is 0 Å². The maximum atomic E-state index is 12.7. The number of benzene rings is 1. The fourth-order valence-electron chi connectivity index (χ4n) is 1.47. The number of carboxylic acid groups (broad SMARTS) is 1. The number of alkyl halides is 4. The van der Waals surface area contributed by atoms with Crippen LogP contribution in [-0.2, 0) is 6.18 Å². The Bertz CT molecular complexity index is 475. The van der Waals surface area contributed by atoms with E-state index in [-0.39, 0.29) is 11.4 Å². The predicted octanol–water partition coefficient (Wildman–Crippen LogP) is 2.04. The van der Waals surface area contributed by atoms with Gasteiger partial charge in [0, 0.05) is 0 Å². The van der Waals surface area contributed by atoms with Crippen LogP contribution >= 0.6 is 11.6 Å². The first-order valence-electron chi connectivity index (χ1n) is 5.05. The van der Waals surface area contributed by atoms with Crippen LogP contribution in [0.4, 0.5) is 13.2 Å². The van der Waals surface area contributed by atoms with E-state index in [4.69, 9.17) is 16.7 Å². The van der Waals surface area contributed by atoms with E-state index in [9.17, 15) is 28.2 Å². The molecule has 0 saturated heterocycles. The zero-order valence-corrected chi connectivity index (χ0v) is 10.1. The highest BCUT2D eigenvalue weighted by Crippen LogP contribution is 2.34. The van der Waals surface area contributed by atoms with Crippen molar-refractivity contribution in [2.75, 3.05) is 5.88 Å². The third-order valence-corrected chi connectivity index (χ3v) is 2.76. The molecule has 1 aromatic carbocycles. The first-order valence-corrected chi connectivity index (χ1v) is 5.58. The number of aliphatic hydroxyl groups is 2. The zero-order valence-electron chi connectivity index (χ0n) is 9.36. The molecule has 0 radical (unpaired) electrons. The average Bonchev–Trinajstić information content (AvgIpc) is 2.35. The molecule has 0 amide bonds. The van der Waals surface area contributed by atoms with Crippen LogP contribution in [0.2, 0.25) is 0 Å². The largest absolute Gasteiger partial charge is 0.478 e. The topological polar surface area (TPSA) is 77.8 Å². The molecular weight excluding hydrogens is 289 g/mol. The molecule has 2 atom stereocenters. The quantitative estimate of drug-likeness (QED) is 0.743. The smallest absolute Gasteiger partial charge is 0.417 e. The molecule has 1 aromatic rings. The van der Waals surface area contributed by atoms with E-state index in [0.29, 0.717) is 6.07 Å². The van der Waals surface area contributed by atoms with Crippen molar-refractivity contribution in [1.82, 2.24) is 0 Å². The highest BCUT2D eigenvalue weighted by Gasteiger charge is 2.36. The third-order valence-electron chi connectivity index (χ3n) is 2.44. The number of carbonyl (C=O) groups is 1. The summed E-state index contributed by atoms with van der Waals surface area (Å²) in [4.78, 5) is 10.7. The van der Waals surface area contributed by atoms with Gasteiger partial charge >= 0.3 is 12.1 Å². The van der Waals surface area contributed by atoms with Gasteiger partial charge in [0.25, 0.3) is 0 Å². The van der Waals surface area contributed by atoms with E-state index < -0.39 is 35.5 Å². The molecule has 0 bridgehead atoms. The highest BCUT2D eigenvalue weighted by molar-refractivity contribution is 6.18. The summed E-state index contributed by atoms with van der Waals surface area (Å²) in [5.74, 6) is -2.10. The van der Waals surface area contributed by atoms with Crippen molar-refractivity contribution in [3.8, 4) is 0 Å². The molecule has 1 rings (SSSR count). The van der Waals surface area contributed by atoms with Crippen LogP contribution in [0.3, 0.4) is 0 Å². The predicted molar refractivity (Wildman–Crippen MR) is 60.1 cm³/mol. The molecule has 4 nitrogen and oxygen atoms in total. The van der Waals surface area contributed by atoms with Crippen molar-refractivity contribution in [1.29, 1.82) is 0 Å². The van der Waals surface area contributed by atoms with Gasteiger partial charge in [-0.1, -0.05) is 6.07 Å². The lowest BCUT2D eigenvalue weighted by atomic mass is 9.98. The van der Waals surface area contributed by atoms with Crippen LogP contribution in [-0.4, -0.2) is 33.3 Å². The van der Waals surface area contributed by atoms with E-state index in [1.54, 1.807) is 0 Å². The zero-order chi connectivity index (χ0) is 14.8. The monoisotopic (exact) mass is 298 g/mol. The van der Waals surface area contributed by atoms with E-state index in [0.717, 1.165) is 12.1 Å². The van der Waals surface area contributed by atoms with E-state index in [1.165, 1.54) is 0 Å². The number of rotatable bonds is 4. The lowest BCUT2D eigenvalue weighted by Gasteiger charge is -2.18. The van der Waals surface area contributed by atoms with Gasteiger partial charge in [0.05, 0.1) is 23.1 Å². The summed E-state index contributed by atoms with van der Waals surface area (Å²) in [5, 5.41) is 27.5. The van der Waals surface area contributed by atoms with Gasteiger partial charge < -0.3 is 15.3 Å². The summed E-state index contributed by atoms with van der Waals surface area (Å²) in [6.07, 6.45) is -7.95. The minimum absolute atomic E-state index is 0.259. The molecule has 0 heterocycles. The summed E-state index contributed by atoms with van der Waals surface area (Å²) in [6, 6.07) is 2.22. The molecule has 0 aliphatic carbocycles. The van der Waals surface area contributed by atoms with Crippen LogP contribution in [0.1, 0.15) is 27.6 Å². The molecule has 106 valence electrons. The van der Waals surface area contributed by atoms with Crippen molar-refractivity contribution in [3.05, 3.63) is 34.9 Å². The summed E-state index contributed by atoms with van der Waals surface area (Å²) in [6.45, 7) is 0. The van der Waals surface area contributed by atoms with Gasteiger partial charge in [-0.3, -0.25) is 0 Å². The maximum Gasteiger partial charge on any atom is 0.417 e. The molecule has 19 heavy (non-hydrogen) atoms. The third kappa shape index (κ3) is 3.59. The minimum Gasteiger partial charge on any atom is -0.478 e. The van der Waals surface area contributed by atoms with Gasteiger partial charge in [-0.25, -0.2) is 4.79 Å². The Morgan fingerprint density at radius 3 is 2.32 bits per heavy atom. The summed E-state index contributed by atoms with van der Waals surface area (Å²) in [5.41, 5.74) is -2.58. The Kier molecular flexibility index (Phi) is 4.78. The number of aliphatic hydroxyl groups excluding tert-OH is 2. The number of hydrogen-bond acceptors (Lipinski definition) is 3. The second-order valence-corrected chi connectivity index (χ2v) is 4.08. The molecule has 8 heteroatoms. The van der Waals surface area contributed by atoms with E-state index in [2.05, 4.69) is 0 Å². The fourth-order valence-corrected chi connectivity index (χ4v) is 1.64. The standard InChI is InChI=1S/C11H10ClF3O4/c12-4-8(16)9(17)5-1-2-6(10(18)19)7(3-5)11(13,14)15/h1-3,8-9,16-17H,4H2,(H,18,19). The minimum atomic E-state index is -4.88. The Morgan fingerprint density at radius 1 is 1.32 bits per heavy atom. The van der Waals surface area contributed by atoms with Crippen LogP contribution in [0.5, 0.6) is 0 Å². The lowest BCUT2D eigenvalue weighted by Crippen LogP contribution is -2.21. The normalized spacial score (nSPS) is 15.1. The Hall–Kier alpha value is -1.31. The molecule has 0 spiro atoms. The SMILES string of the molecule is O=C(O)c1ccc(C(O)C(O)CCl)cc1C(F)(F)F. The number of halogens is 4. The van der Waals surface area contributed by atoms with Crippen LogP contribution in [0, 0.1) is 0 Å². The molecule has 3 N–H and O–H groups in total. The molecule has 0 aliphatic heterocycles. The summed E-state index contributed by atoms with van der Waals surface area (Å²) < 4.78 is 38.1. The maximum absolute atomic E-state index is 12.7. The van der Waals surface area contributed by atoms with Gasteiger partial charge in [-0.2, -0.15) is 13.2 Å². The van der Waals surface area contributed by atoms with Crippen molar-refractivity contribution in [2.45, 2.75) is 18.4 Å². The van der Waals surface area contributed by atoms with Crippen molar-refractivity contribution < 1.29 is 33.3 Å².